The highest BCUT2D eigenvalue weighted by Gasteiger charge is 2.30. The Morgan fingerprint density at radius 2 is 2.23 bits per heavy atom. The Morgan fingerprint density at radius 3 is 2.69 bits per heavy atom. The molecule has 0 aliphatic carbocycles. The van der Waals surface area contributed by atoms with E-state index in [1.165, 1.54) is 0 Å². The number of carboxylic acids is 1. The van der Waals surface area contributed by atoms with E-state index >= 15 is 0 Å². The van der Waals surface area contributed by atoms with Gasteiger partial charge in [-0.25, -0.2) is 0 Å². The molecule has 78 valence electrons. The number of likely N-dealkylation sites (N-methyl/N-ethyl adjacent to an activating group) is 1. The van der Waals surface area contributed by atoms with Gasteiger partial charge in [-0.15, -0.1) is 12.4 Å². The maximum atomic E-state index is 10.8. The molecular weight excluding hydrogens is 190 g/mol. The molecule has 0 spiro atoms. The number of carbonyl (C=O) groups is 1. The lowest BCUT2D eigenvalue weighted by Crippen LogP contribution is -2.46. The molecule has 1 N–H and O–H groups in total. The molecule has 0 aromatic heterocycles. The van der Waals surface area contributed by atoms with Gasteiger partial charge >= 0.3 is 5.97 Å². The van der Waals surface area contributed by atoms with Crippen molar-refractivity contribution in [3.63, 3.8) is 0 Å². The number of rotatable bonds is 2. The summed E-state index contributed by atoms with van der Waals surface area (Å²) in [5.41, 5.74) is 0. The highest BCUT2D eigenvalue weighted by molar-refractivity contribution is 5.85. The minimum Gasteiger partial charge on any atom is -0.480 e. The summed E-state index contributed by atoms with van der Waals surface area (Å²) in [5, 5.41) is 8.92. The summed E-state index contributed by atoms with van der Waals surface area (Å²) in [4.78, 5) is 12.9. The van der Waals surface area contributed by atoms with Crippen LogP contribution in [0.3, 0.4) is 0 Å². The van der Waals surface area contributed by atoms with E-state index in [2.05, 4.69) is 6.92 Å². The Labute approximate surface area is 85.5 Å². The summed E-state index contributed by atoms with van der Waals surface area (Å²) in [7, 11) is 0. The molecule has 13 heavy (non-hydrogen) atoms. The van der Waals surface area contributed by atoms with E-state index in [9.17, 15) is 4.79 Å². The van der Waals surface area contributed by atoms with Crippen LogP contribution in [-0.2, 0) is 4.79 Å². The molecule has 0 radical (unpaired) electrons. The minimum atomic E-state index is -0.664. The molecule has 0 saturated carbocycles. The van der Waals surface area contributed by atoms with E-state index in [-0.39, 0.29) is 18.4 Å². The van der Waals surface area contributed by atoms with Crippen LogP contribution in [0.5, 0.6) is 0 Å². The van der Waals surface area contributed by atoms with Gasteiger partial charge in [0.15, 0.2) is 0 Å². The maximum absolute atomic E-state index is 10.8. The highest BCUT2D eigenvalue weighted by Crippen LogP contribution is 2.21. The standard InChI is InChI=1S/C9H17NO2.ClH/c1-3-10-5-4-7(2)6-8(10)9(11)12;/h7-8H,3-6H2,1-2H3,(H,11,12);1H/t7-,8-;/m1./s1. The number of hydrogen-bond donors (Lipinski definition) is 1. The third kappa shape index (κ3) is 3.16. The molecule has 1 heterocycles. The summed E-state index contributed by atoms with van der Waals surface area (Å²) in [5.74, 6) is -0.0997. The van der Waals surface area contributed by atoms with E-state index in [0.717, 1.165) is 25.9 Å². The second-order valence-corrected chi connectivity index (χ2v) is 3.61. The zero-order valence-corrected chi connectivity index (χ0v) is 9.01. The molecule has 1 rings (SSSR count). The van der Waals surface area contributed by atoms with E-state index < -0.39 is 5.97 Å². The van der Waals surface area contributed by atoms with Crippen molar-refractivity contribution in [3.05, 3.63) is 0 Å². The van der Waals surface area contributed by atoms with Crippen molar-refractivity contribution >= 4 is 18.4 Å². The van der Waals surface area contributed by atoms with E-state index in [0.29, 0.717) is 5.92 Å². The van der Waals surface area contributed by atoms with Crippen LogP contribution in [0.25, 0.3) is 0 Å². The summed E-state index contributed by atoms with van der Waals surface area (Å²) in [6.07, 6.45) is 1.95. The number of aliphatic carboxylic acids is 1. The quantitative estimate of drug-likeness (QED) is 0.748. The fourth-order valence-electron chi connectivity index (χ4n) is 1.83. The van der Waals surface area contributed by atoms with Crippen molar-refractivity contribution in [2.45, 2.75) is 32.7 Å². The van der Waals surface area contributed by atoms with Crippen molar-refractivity contribution in [3.8, 4) is 0 Å². The van der Waals surface area contributed by atoms with E-state index in [1.54, 1.807) is 0 Å². The Balaban J connectivity index is 0.00000144. The summed E-state index contributed by atoms with van der Waals surface area (Å²) >= 11 is 0. The van der Waals surface area contributed by atoms with Gasteiger partial charge in [-0.2, -0.15) is 0 Å². The van der Waals surface area contributed by atoms with Gasteiger partial charge in [-0.05, 0) is 31.8 Å². The van der Waals surface area contributed by atoms with Crippen molar-refractivity contribution in [2.24, 2.45) is 5.92 Å². The van der Waals surface area contributed by atoms with Gasteiger partial charge in [0.1, 0.15) is 6.04 Å². The van der Waals surface area contributed by atoms with Crippen LogP contribution < -0.4 is 0 Å². The van der Waals surface area contributed by atoms with Gasteiger partial charge in [0, 0.05) is 0 Å². The lowest BCUT2D eigenvalue weighted by Gasteiger charge is -2.34. The third-order valence-electron chi connectivity index (χ3n) is 2.67. The Kier molecular flexibility index (Phi) is 5.33. The first-order valence-electron chi connectivity index (χ1n) is 4.62. The van der Waals surface area contributed by atoms with E-state index in [1.807, 2.05) is 11.8 Å². The number of carboxylic acid groups (broad SMARTS) is 1. The molecule has 0 bridgehead atoms. The lowest BCUT2D eigenvalue weighted by molar-refractivity contribution is -0.145. The first kappa shape index (κ1) is 12.7. The predicted octanol–water partition coefficient (Wildman–Crippen LogP) is 1.61. The molecule has 1 fully saturated rings. The van der Waals surface area contributed by atoms with Gasteiger partial charge in [-0.1, -0.05) is 13.8 Å². The third-order valence-corrected chi connectivity index (χ3v) is 2.67. The molecule has 4 heteroatoms. The van der Waals surface area contributed by atoms with Crippen LogP contribution in [0.1, 0.15) is 26.7 Å². The first-order chi connectivity index (χ1) is 5.65. The van der Waals surface area contributed by atoms with Crippen LogP contribution in [0, 0.1) is 5.92 Å². The predicted molar refractivity (Wildman–Crippen MR) is 54.3 cm³/mol. The highest BCUT2D eigenvalue weighted by atomic mass is 35.5. The van der Waals surface area contributed by atoms with Crippen molar-refractivity contribution in [1.29, 1.82) is 0 Å². The maximum Gasteiger partial charge on any atom is 0.320 e. The SMILES string of the molecule is CCN1CC[C@@H](C)C[C@@H]1C(=O)O.Cl. The average molecular weight is 208 g/mol. The normalized spacial score (nSPS) is 29.4. The Bertz CT molecular complexity index is 175. The molecule has 0 aromatic rings. The molecule has 0 aromatic carbocycles. The average Bonchev–Trinajstić information content (AvgIpc) is 2.04. The van der Waals surface area contributed by atoms with Gasteiger partial charge < -0.3 is 5.11 Å². The second-order valence-electron chi connectivity index (χ2n) is 3.61. The molecule has 1 aliphatic rings. The fraction of sp³-hybridized carbons (Fsp3) is 0.889. The molecular formula is C9H18ClNO2. The molecule has 3 nitrogen and oxygen atoms in total. The lowest BCUT2D eigenvalue weighted by atomic mass is 9.92. The van der Waals surface area contributed by atoms with Crippen molar-refractivity contribution in [2.75, 3.05) is 13.1 Å². The van der Waals surface area contributed by atoms with Crippen LogP contribution in [0.15, 0.2) is 0 Å². The topological polar surface area (TPSA) is 40.5 Å². The minimum absolute atomic E-state index is 0. The number of likely N-dealkylation sites (tertiary alicyclic amines) is 1. The van der Waals surface area contributed by atoms with Crippen molar-refractivity contribution < 1.29 is 9.90 Å². The number of nitrogens with zero attached hydrogens (tertiary/aromatic N) is 1. The van der Waals surface area contributed by atoms with Crippen LogP contribution in [0.2, 0.25) is 0 Å². The monoisotopic (exact) mass is 207 g/mol. The fourth-order valence-corrected chi connectivity index (χ4v) is 1.83. The van der Waals surface area contributed by atoms with Gasteiger partial charge in [0.05, 0.1) is 0 Å². The summed E-state index contributed by atoms with van der Waals surface area (Å²) in [6.45, 7) is 5.94. The Hall–Kier alpha value is -0.280. The van der Waals surface area contributed by atoms with Gasteiger partial charge in [-0.3, -0.25) is 9.69 Å². The molecule has 1 aliphatic heterocycles. The zero-order chi connectivity index (χ0) is 9.14. The number of piperidine rings is 1. The van der Waals surface area contributed by atoms with Gasteiger partial charge in [0.25, 0.3) is 0 Å². The summed E-state index contributed by atoms with van der Waals surface area (Å²) < 4.78 is 0. The Morgan fingerprint density at radius 1 is 1.62 bits per heavy atom. The second kappa shape index (κ2) is 5.45. The largest absolute Gasteiger partial charge is 0.480 e. The van der Waals surface area contributed by atoms with Crippen LogP contribution in [0.4, 0.5) is 0 Å². The smallest absolute Gasteiger partial charge is 0.320 e. The van der Waals surface area contributed by atoms with Crippen LogP contribution in [-0.4, -0.2) is 35.1 Å². The zero-order valence-electron chi connectivity index (χ0n) is 8.19. The number of halogens is 1. The first-order valence-corrected chi connectivity index (χ1v) is 4.62. The van der Waals surface area contributed by atoms with E-state index in [4.69, 9.17) is 5.11 Å². The van der Waals surface area contributed by atoms with Crippen LogP contribution >= 0.6 is 12.4 Å². The molecule has 2 atom stereocenters. The van der Waals surface area contributed by atoms with Gasteiger partial charge in [0.2, 0.25) is 0 Å². The number of hydrogen-bond acceptors (Lipinski definition) is 2. The molecule has 0 amide bonds. The summed E-state index contributed by atoms with van der Waals surface area (Å²) in [6, 6.07) is -0.237. The molecule has 1 saturated heterocycles. The van der Waals surface area contributed by atoms with Crippen molar-refractivity contribution in [1.82, 2.24) is 4.90 Å². The molecule has 0 unspecified atom stereocenters.